The first-order valence-electron chi connectivity index (χ1n) is 5.95. The average molecular weight is 306 g/mol. The van der Waals surface area contributed by atoms with E-state index in [2.05, 4.69) is 0 Å². The van der Waals surface area contributed by atoms with E-state index in [1.165, 1.54) is 23.5 Å². The second-order valence-corrected chi connectivity index (χ2v) is 5.06. The minimum Gasteiger partial charge on any atom is -0.507 e. The molecule has 0 unspecified atom stereocenters. The molecule has 0 atom stereocenters. The van der Waals surface area contributed by atoms with Gasteiger partial charge in [0, 0.05) is 17.0 Å². The van der Waals surface area contributed by atoms with E-state index in [1.807, 2.05) is 0 Å². The fourth-order valence-corrected chi connectivity index (χ4v) is 2.67. The van der Waals surface area contributed by atoms with Crippen molar-refractivity contribution in [3.8, 4) is 0 Å². The van der Waals surface area contributed by atoms with Crippen molar-refractivity contribution in [2.45, 2.75) is 6.42 Å². The molecule has 1 aromatic carbocycles. The summed E-state index contributed by atoms with van der Waals surface area (Å²) < 4.78 is 13.1. The van der Waals surface area contributed by atoms with Crippen LogP contribution in [-0.2, 0) is 16.0 Å². The molecule has 1 heterocycles. The van der Waals surface area contributed by atoms with E-state index in [1.54, 1.807) is 22.9 Å². The van der Waals surface area contributed by atoms with Gasteiger partial charge in [-0.2, -0.15) is 11.3 Å². The Morgan fingerprint density at radius 1 is 1.24 bits per heavy atom. The molecule has 108 valence electrons. The van der Waals surface area contributed by atoms with Crippen molar-refractivity contribution in [2.75, 3.05) is 0 Å². The summed E-state index contributed by atoms with van der Waals surface area (Å²) in [5.74, 6) is -3.60. The summed E-state index contributed by atoms with van der Waals surface area (Å²) in [4.78, 5) is 21.6. The summed E-state index contributed by atoms with van der Waals surface area (Å²) in [7, 11) is 0. The Bertz CT molecular complexity index is 718. The summed E-state index contributed by atoms with van der Waals surface area (Å²) in [6.45, 7) is 0. The third-order valence-corrected chi connectivity index (χ3v) is 3.57. The number of thiophene rings is 1. The maximum Gasteiger partial charge on any atom is 0.376 e. The van der Waals surface area contributed by atoms with Gasteiger partial charge in [-0.15, -0.1) is 0 Å². The van der Waals surface area contributed by atoms with Gasteiger partial charge in [-0.25, -0.2) is 9.18 Å². The first kappa shape index (κ1) is 14.9. The van der Waals surface area contributed by atoms with Gasteiger partial charge in [0.1, 0.15) is 11.6 Å². The summed E-state index contributed by atoms with van der Waals surface area (Å²) in [5, 5.41) is 21.7. The van der Waals surface area contributed by atoms with Gasteiger partial charge in [0.15, 0.2) is 0 Å². The number of halogens is 1. The van der Waals surface area contributed by atoms with Crippen LogP contribution in [0.25, 0.3) is 5.76 Å². The molecule has 2 N–H and O–H groups in total. The number of aliphatic hydroxyl groups excluding tert-OH is 1. The molecular weight excluding hydrogens is 295 g/mol. The number of ketones is 1. The summed E-state index contributed by atoms with van der Waals surface area (Å²) >= 11 is 1.30. The number of carbonyl (C=O) groups is 2. The number of hydrogen-bond donors (Lipinski definition) is 2. The molecule has 0 aliphatic heterocycles. The standard InChI is InChI=1S/C15H11FO4S/c16-11-3-1-2-9(5-11)4-10-7-21-8-12(10)13(17)6-14(18)15(19)20/h1-3,5-8,17H,4H2,(H,19,20). The summed E-state index contributed by atoms with van der Waals surface area (Å²) in [5.41, 5.74) is 1.78. The van der Waals surface area contributed by atoms with Crippen LogP contribution < -0.4 is 0 Å². The lowest BCUT2D eigenvalue weighted by atomic mass is 10.0. The largest absolute Gasteiger partial charge is 0.507 e. The molecule has 0 spiro atoms. The molecule has 0 amide bonds. The van der Waals surface area contributed by atoms with E-state index in [0.29, 0.717) is 29.2 Å². The normalized spacial score (nSPS) is 11.4. The van der Waals surface area contributed by atoms with Gasteiger partial charge in [0.05, 0.1) is 0 Å². The first-order valence-corrected chi connectivity index (χ1v) is 6.89. The topological polar surface area (TPSA) is 74.6 Å². The van der Waals surface area contributed by atoms with Crippen molar-refractivity contribution in [1.82, 2.24) is 0 Å². The molecule has 1 aromatic heterocycles. The molecule has 21 heavy (non-hydrogen) atoms. The monoisotopic (exact) mass is 306 g/mol. The lowest BCUT2D eigenvalue weighted by Crippen LogP contribution is -2.09. The van der Waals surface area contributed by atoms with Crippen LogP contribution in [0.15, 0.2) is 41.1 Å². The Morgan fingerprint density at radius 2 is 2.00 bits per heavy atom. The van der Waals surface area contributed by atoms with E-state index in [4.69, 9.17) is 5.11 Å². The minimum absolute atomic E-state index is 0.356. The van der Waals surface area contributed by atoms with E-state index in [9.17, 15) is 19.1 Å². The van der Waals surface area contributed by atoms with Crippen LogP contribution in [0.5, 0.6) is 0 Å². The molecule has 0 aliphatic rings. The van der Waals surface area contributed by atoms with E-state index in [0.717, 1.165) is 0 Å². The zero-order valence-corrected chi connectivity index (χ0v) is 11.6. The Kier molecular flexibility index (Phi) is 4.49. The molecule has 6 heteroatoms. The molecule has 0 fully saturated rings. The second-order valence-electron chi connectivity index (χ2n) is 4.32. The Hall–Kier alpha value is -2.47. The van der Waals surface area contributed by atoms with Crippen molar-refractivity contribution >= 4 is 28.8 Å². The number of rotatable bonds is 5. The van der Waals surface area contributed by atoms with Gasteiger partial charge in [0.25, 0.3) is 5.78 Å². The Balaban J connectivity index is 2.26. The minimum atomic E-state index is -1.64. The average Bonchev–Trinajstić information content (AvgIpc) is 2.86. The van der Waals surface area contributed by atoms with E-state index >= 15 is 0 Å². The van der Waals surface area contributed by atoms with Crippen LogP contribution in [-0.4, -0.2) is 22.0 Å². The number of carboxylic acids is 1. The van der Waals surface area contributed by atoms with Crippen molar-refractivity contribution < 1.29 is 24.2 Å². The molecule has 0 radical (unpaired) electrons. The molecule has 0 bridgehead atoms. The lowest BCUT2D eigenvalue weighted by Gasteiger charge is -2.04. The Labute approximate surface area is 123 Å². The van der Waals surface area contributed by atoms with Crippen molar-refractivity contribution in [3.63, 3.8) is 0 Å². The quantitative estimate of drug-likeness (QED) is 0.506. The second kappa shape index (κ2) is 6.32. The molecule has 0 saturated carbocycles. The molecule has 0 aliphatic carbocycles. The number of hydrogen-bond acceptors (Lipinski definition) is 4. The smallest absolute Gasteiger partial charge is 0.376 e. The van der Waals surface area contributed by atoms with Crippen molar-refractivity contribution in [1.29, 1.82) is 0 Å². The van der Waals surface area contributed by atoms with Crippen LogP contribution in [0, 0.1) is 5.82 Å². The highest BCUT2D eigenvalue weighted by Gasteiger charge is 2.14. The van der Waals surface area contributed by atoms with Gasteiger partial charge in [0.2, 0.25) is 0 Å². The highest BCUT2D eigenvalue weighted by molar-refractivity contribution is 7.08. The third-order valence-electron chi connectivity index (χ3n) is 2.78. The van der Waals surface area contributed by atoms with Crippen LogP contribution in [0.4, 0.5) is 4.39 Å². The van der Waals surface area contributed by atoms with Crippen LogP contribution in [0.2, 0.25) is 0 Å². The predicted molar refractivity (Wildman–Crippen MR) is 76.8 cm³/mol. The van der Waals surface area contributed by atoms with Gasteiger partial charge in [-0.1, -0.05) is 12.1 Å². The molecule has 4 nitrogen and oxygen atoms in total. The molecule has 2 rings (SSSR count). The van der Waals surface area contributed by atoms with E-state index in [-0.39, 0.29) is 5.82 Å². The molecule has 2 aromatic rings. The fraction of sp³-hybridized carbons (Fsp3) is 0.0667. The lowest BCUT2D eigenvalue weighted by molar-refractivity contribution is -0.146. The number of aliphatic carboxylic acids is 1. The SMILES string of the molecule is O=C(O)C(=O)C=C(O)c1cscc1Cc1cccc(F)c1. The van der Waals surface area contributed by atoms with Gasteiger partial charge < -0.3 is 10.2 Å². The zero-order valence-electron chi connectivity index (χ0n) is 10.7. The van der Waals surface area contributed by atoms with Crippen LogP contribution in [0.1, 0.15) is 16.7 Å². The highest BCUT2D eigenvalue weighted by Crippen LogP contribution is 2.24. The maximum atomic E-state index is 13.1. The molecular formula is C15H11FO4S. The summed E-state index contributed by atoms with van der Waals surface area (Å²) in [6, 6.07) is 6.04. The van der Waals surface area contributed by atoms with Crippen LogP contribution >= 0.6 is 11.3 Å². The molecule has 0 saturated heterocycles. The third kappa shape index (κ3) is 3.76. The Morgan fingerprint density at radius 3 is 2.67 bits per heavy atom. The van der Waals surface area contributed by atoms with E-state index < -0.39 is 17.5 Å². The predicted octanol–water partition coefficient (Wildman–Crippen LogP) is 3.03. The maximum absolute atomic E-state index is 13.1. The van der Waals surface area contributed by atoms with Crippen LogP contribution in [0.3, 0.4) is 0 Å². The summed E-state index contributed by atoms with van der Waals surface area (Å²) in [6.07, 6.45) is 1.04. The fourth-order valence-electron chi connectivity index (χ4n) is 1.82. The van der Waals surface area contributed by atoms with Crippen molar-refractivity contribution in [2.24, 2.45) is 0 Å². The number of benzene rings is 1. The number of carboxylic acid groups (broad SMARTS) is 1. The van der Waals surface area contributed by atoms with Gasteiger partial charge in [-0.05, 0) is 35.1 Å². The first-order chi connectivity index (χ1) is 9.97. The number of aliphatic hydroxyl groups is 1. The number of carbonyl (C=O) groups excluding carboxylic acids is 1. The zero-order chi connectivity index (χ0) is 15.4. The highest BCUT2D eigenvalue weighted by atomic mass is 32.1. The van der Waals surface area contributed by atoms with Gasteiger partial charge in [-0.3, -0.25) is 4.79 Å². The van der Waals surface area contributed by atoms with Gasteiger partial charge >= 0.3 is 5.97 Å². The van der Waals surface area contributed by atoms with Crippen molar-refractivity contribution in [3.05, 3.63) is 63.6 Å².